The van der Waals surface area contributed by atoms with Crippen molar-refractivity contribution in [2.45, 2.75) is 18.9 Å². The second-order valence-corrected chi connectivity index (χ2v) is 7.10. The SMILES string of the molecule is Cc1cc(C#C[C@]2(O)CCN(C)C2=O)cc(NC(=O)c2[nH]nc3ncccc23)c1. The summed E-state index contributed by atoms with van der Waals surface area (Å²) in [6, 6.07) is 8.83. The molecule has 3 N–H and O–H groups in total. The third-order valence-corrected chi connectivity index (χ3v) is 4.82. The number of carbonyl (C=O) groups is 2. The van der Waals surface area contributed by atoms with Gasteiger partial charge in [-0.25, -0.2) is 4.98 Å². The molecular formula is C21H19N5O3. The molecule has 2 aromatic heterocycles. The van der Waals surface area contributed by atoms with E-state index in [1.54, 1.807) is 31.4 Å². The maximum atomic E-state index is 12.7. The highest BCUT2D eigenvalue weighted by molar-refractivity contribution is 6.10. The zero-order valence-electron chi connectivity index (χ0n) is 16.0. The van der Waals surface area contributed by atoms with E-state index in [2.05, 4.69) is 32.3 Å². The largest absolute Gasteiger partial charge is 0.369 e. The number of likely N-dealkylation sites (tertiary alicyclic amines) is 1. The lowest BCUT2D eigenvalue weighted by atomic mass is 10.0. The van der Waals surface area contributed by atoms with E-state index in [0.29, 0.717) is 34.5 Å². The molecule has 1 aliphatic rings. The smallest absolute Gasteiger partial charge is 0.274 e. The van der Waals surface area contributed by atoms with E-state index in [0.717, 1.165) is 5.56 Å². The van der Waals surface area contributed by atoms with Gasteiger partial charge in [-0.3, -0.25) is 14.7 Å². The fourth-order valence-corrected chi connectivity index (χ4v) is 3.29. The van der Waals surface area contributed by atoms with Gasteiger partial charge in [-0.2, -0.15) is 5.10 Å². The summed E-state index contributed by atoms with van der Waals surface area (Å²) < 4.78 is 0. The second kappa shape index (κ2) is 7.04. The standard InChI is InChI=1S/C21H19N5O3/c1-13-10-14(5-6-21(29)7-9-26(2)20(21)28)12-15(11-13)23-19(27)17-16-4-3-8-22-18(16)25-24-17/h3-4,8,10-12,29H,7,9H2,1-2H3,(H,23,27)(H,22,24,25)/t21-/m0/s1. The minimum atomic E-state index is -1.66. The Morgan fingerprint density at radius 3 is 2.97 bits per heavy atom. The van der Waals surface area contributed by atoms with E-state index in [9.17, 15) is 14.7 Å². The van der Waals surface area contributed by atoms with E-state index >= 15 is 0 Å². The molecule has 3 heterocycles. The fourth-order valence-electron chi connectivity index (χ4n) is 3.29. The number of amides is 2. The van der Waals surface area contributed by atoms with Crippen molar-refractivity contribution < 1.29 is 14.7 Å². The second-order valence-electron chi connectivity index (χ2n) is 7.10. The highest BCUT2D eigenvalue weighted by Gasteiger charge is 2.42. The number of benzene rings is 1. The van der Waals surface area contributed by atoms with Crippen molar-refractivity contribution in [2.24, 2.45) is 0 Å². The van der Waals surface area contributed by atoms with Crippen molar-refractivity contribution in [1.29, 1.82) is 0 Å². The van der Waals surface area contributed by atoms with Crippen LogP contribution >= 0.6 is 0 Å². The molecule has 2 amide bonds. The highest BCUT2D eigenvalue weighted by Crippen LogP contribution is 2.22. The normalized spacial score (nSPS) is 18.6. The van der Waals surface area contributed by atoms with E-state index in [4.69, 9.17) is 0 Å². The number of nitrogens with zero attached hydrogens (tertiary/aromatic N) is 3. The van der Waals surface area contributed by atoms with Crippen molar-refractivity contribution in [1.82, 2.24) is 20.1 Å². The van der Waals surface area contributed by atoms with Crippen LogP contribution in [0.2, 0.25) is 0 Å². The molecule has 29 heavy (non-hydrogen) atoms. The molecule has 0 radical (unpaired) electrons. The molecule has 8 heteroatoms. The van der Waals surface area contributed by atoms with Gasteiger partial charge in [0.05, 0.1) is 5.39 Å². The summed E-state index contributed by atoms with van der Waals surface area (Å²) in [5.41, 5.74) is 1.14. The molecule has 0 saturated carbocycles. The van der Waals surface area contributed by atoms with E-state index in [1.165, 1.54) is 4.90 Å². The molecule has 1 atom stereocenters. The zero-order valence-corrected chi connectivity index (χ0v) is 16.0. The minimum Gasteiger partial charge on any atom is -0.369 e. The first-order valence-corrected chi connectivity index (χ1v) is 9.09. The third-order valence-electron chi connectivity index (χ3n) is 4.82. The van der Waals surface area contributed by atoms with Crippen LogP contribution < -0.4 is 5.32 Å². The number of pyridine rings is 1. The number of hydrogen-bond donors (Lipinski definition) is 3. The summed E-state index contributed by atoms with van der Waals surface area (Å²) in [5, 5.41) is 20.6. The summed E-state index contributed by atoms with van der Waals surface area (Å²) in [6.45, 7) is 2.34. The topological polar surface area (TPSA) is 111 Å². The number of rotatable bonds is 2. The summed E-state index contributed by atoms with van der Waals surface area (Å²) in [7, 11) is 1.64. The van der Waals surface area contributed by atoms with Crippen LogP contribution in [-0.2, 0) is 4.79 Å². The Kier molecular flexibility index (Phi) is 4.53. The van der Waals surface area contributed by atoms with Crippen LogP contribution in [-0.4, -0.2) is 56.2 Å². The number of aromatic nitrogens is 3. The van der Waals surface area contributed by atoms with Crippen molar-refractivity contribution in [3.05, 3.63) is 53.3 Å². The number of nitrogens with one attached hydrogen (secondary N) is 2. The van der Waals surface area contributed by atoms with Crippen molar-refractivity contribution in [2.75, 3.05) is 18.9 Å². The lowest BCUT2D eigenvalue weighted by Crippen LogP contribution is -2.37. The minimum absolute atomic E-state index is 0.270. The molecule has 1 fully saturated rings. The van der Waals surface area contributed by atoms with Crippen LogP contribution in [0, 0.1) is 18.8 Å². The monoisotopic (exact) mass is 389 g/mol. The predicted molar refractivity (Wildman–Crippen MR) is 107 cm³/mol. The number of fused-ring (bicyclic) bond motifs is 1. The Labute approximate surface area is 166 Å². The molecule has 1 aliphatic heterocycles. The predicted octanol–water partition coefficient (Wildman–Crippen LogP) is 1.46. The van der Waals surface area contributed by atoms with Crippen LogP contribution in [0.1, 0.15) is 28.0 Å². The van der Waals surface area contributed by atoms with Gasteiger partial charge in [0.2, 0.25) is 5.60 Å². The number of hydrogen-bond acceptors (Lipinski definition) is 5. The number of anilines is 1. The number of aliphatic hydroxyl groups is 1. The maximum absolute atomic E-state index is 12.7. The number of aryl methyl sites for hydroxylation is 1. The van der Waals surface area contributed by atoms with Gasteiger partial charge in [0.15, 0.2) is 5.65 Å². The molecular weight excluding hydrogens is 370 g/mol. The van der Waals surface area contributed by atoms with Gasteiger partial charge >= 0.3 is 0 Å². The van der Waals surface area contributed by atoms with Gasteiger partial charge in [0, 0.05) is 37.5 Å². The molecule has 4 rings (SSSR count). The van der Waals surface area contributed by atoms with Crippen LogP contribution in [0.4, 0.5) is 5.69 Å². The first kappa shape index (κ1) is 18.7. The Balaban J connectivity index is 1.59. The maximum Gasteiger partial charge on any atom is 0.274 e. The van der Waals surface area contributed by atoms with Crippen LogP contribution in [0.15, 0.2) is 36.5 Å². The molecule has 8 nitrogen and oxygen atoms in total. The van der Waals surface area contributed by atoms with Crippen LogP contribution in [0.25, 0.3) is 11.0 Å². The summed E-state index contributed by atoms with van der Waals surface area (Å²) in [4.78, 5) is 30.3. The van der Waals surface area contributed by atoms with E-state index in [1.807, 2.05) is 19.1 Å². The first-order valence-electron chi connectivity index (χ1n) is 9.09. The van der Waals surface area contributed by atoms with Crippen molar-refractivity contribution >= 4 is 28.5 Å². The molecule has 0 spiro atoms. The first-order chi connectivity index (χ1) is 13.9. The summed E-state index contributed by atoms with van der Waals surface area (Å²) in [6.07, 6.45) is 1.88. The lowest BCUT2D eigenvalue weighted by molar-refractivity contribution is -0.137. The fraction of sp³-hybridized carbons (Fsp3) is 0.238. The van der Waals surface area contributed by atoms with Crippen molar-refractivity contribution in [3.8, 4) is 11.8 Å². The average Bonchev–Trinajstić information content (AvgIpc) is 3.23. The van der Waals surface area contributed by atoms with Crippen LogP contribution in [0.5, 0.6) is 0 Å². The Hall–Kier alpha value is -3.70. The van der Waals surface area contributed by atoms with Gasteiger partial charge in [-0.05, 0) is 42.8 Å². The quantitative estimate of drug-likeness (QED) is 0.575. The Morgan fingerprint density at radius 2 is 2.21 bits per heavy atom. The average molecular weight is 389 g/mol. The Morgan fingerprint density at radius 1 is 1.38 bits per heavy atom. The molecule has 1 saturated heterocycles. The highest BCUT2D eigenvalue weighted by atomic mass is 16.3. The molecule has 0 bridgehead atoms. The zero-order chi connectivity index (χ0) is 20.6. The summed E-state index contributed by atoms with van der Waals surface area (Å²) >= 11 is 0. The molecule has 3 aromatic rings. The molecule has 0 aliphatic carbocycles. The van der Waals surface area contributed by atoms with Gasteiger partial charge in [-0.15, -0.1) is 0 Å². The van der Waals surface area contributed by atoms with E-state index < -0.39 is 11.5 Å². The molecule has 1 aromatic carbocycles. The van der Waals surface area contributed by atoms with Gasteiger partial charge in [0.25, 0.3) is 11.8 Å². The van der Waals surface area contributed by atoms with Crippen LogP contribution in [0.3, 0.4) is 0 Å². The Bertz CT molecular complexity index is 1190. The summed E-state index contributed by atoms with van der Waals surface area (Å²) in [5.74, 6) is 4.81. The molecule has 0 unspecified atom stereocenters. The molecule has 146 valence electrons. The van der Waals surface area contributed by atoms with Gasteiger partial charge in [0.1, 0.15) is 5.69 Å². The van der Waals surface area contributed by atoms with Gasteiger partial charge < -0.3 is 15.3 Å². The van der Waals surface area contributed by atoms with Gasteiger partial charge in [-0.1, -0.05) is 11.8 Å². The number of H-pyrrole nitrogens is 1. The third kappa shape index (κ3) is 3.56. The number of aromatic amines is 1. The number of carbonyl (C=O) groups excluding carboxylic acids is 2. The van der Waals surface area contributed by atoms with E-state index in [-0.39, 0.29) is 12.3 Å². The van der Waals surface area contributed by atoms with Crippen molar-refractivity contribution in [3.63, 3.8) is 0 Å². The lowest BCUT2D eigenvalue weighted by Gasteiger charge is -2.13. The number of likely N-dealkylation sites (N-methyl/N-ethyl adjacent to an activating group) is 1.